The van der Waals surface area contributed by atoms with E-state index in [1.165, 1.54) is 44.9 Å². The SMILES string of the molecule is CC1(C)CC(NC(=O)C(=O)NC2CCCCCCCCCCC2)CC(C)(C)N1. The molecule has 2 aliphatic rings. The Morgan fingerprint density at radius 2 is 1.00 bits per heavy atom. The molecule has 0 aromatic rings. The standard InChI is InChI=1S/C23H43N3O2/c1-22(2)16-19(17-23(3,4)26-22)25-21(28)20(27)24-18-14-12-10-8-6-5-7-9-11-13-15-18/h18-19,26H,5-17H2,1-4H3,(H,24,27)(H,25,28). The number of carbonyl (C=O) groups is 2. The van der Waals surface area contributed by atoms with Crippen LogP contribution >= 0.6 is 0 Å². The van der Waals surface area contributed by atoms with Crippen LogP contribution in [0.25, 0.3) is 0 Å². The third kappa shape index (κ3) is 8.50. The van der Waals surface area contributed by atoms with Crippen LogP contribution in [0.15, 0.2) is 0 Å². The van der Waals surface area contributed by atoms with E-state index in [9.17, 15) is 9.59 Å². The van der Waals surface area contributed by atoms with Gasteiger partial charge in [-0.1, -0.05) is 57.8 Å². The summed E-state index contributed by atoms with van der Waals surface area (Å²) >= 11 is 0. The summed E-state index contributed by atoms with van der Waals surface area (Å²) in [7, 11) is 0. The highest BCUT2D eigenvalue weighted by Crippen LogP contribution is 2.28. The average molecular weight is 394 g/mol. The third-order valence-corrected chi connectivity index (χ3v) is 6.17. The first-order valence-electron chi connectivity index (χ1n) is 11.6. The molecule has 1 heterocycles. The summed E-state index contributed by atoms with van der Waals surface area (Å²) in [4.78, 5) is 25.1. The third-order valence-electron chi connectivity index (χ3n) is 6.17. The van der Waals surface area contributed by atoms with Gasteiger partial charge in [0.2, 0.25) is 0 Å². The smallest absolute Gasteiger partial charge is 0.309 e. The summed E-state index contributed by atoms with van der Waals surface area (Å²) in [5, 5.41) is 9.64. The van der Waals surface area contributed by atoms with E-state index < -0.39 is 11.8 Å². The highest BCUT2D eigenvalue weighted by atomic mass is 16.2. The van der Waals surface area contributed by atoms with Crippen molar-refractivity contribution in [3.63, 3.8) is 0 Å². The Morgan fingerprint density at radius 3 is 1.43 bits per heavy atom. The summed E-state index contributed by atoms with van der Waals surface area (Å²) in [5.41, 5.74) is -0.104. The van der Waals surface area contributed by atoms with E-state index in [4.69, 9.17) is 0 Å². The molecule has 1 aliphatic carbocycles. The normalized spacial score (nSPS) is 25.1. The van der Waals surface area contributed by atoms with Crippen molar-refractivity contribution < 1.29 is 9.59 Å². The lowest BCUT2D eigenvalue weighted by Crippen LogP contribution is -2.63. The highest BCUT2D eigenvalue weighted by molar-refractivity contribution is 6.35. The van der Waals surface area contributed by atoms with Crippen LogP contribution in [-0.2, 0) is 9.59 Å². The number of piperidine rings is 1. The first-order valence-corrected chi connectivity index (χ1v) is 11.6. The van der Waals surface area contributed by atoms with Crippen LogP contribution in [0.5, 0.6) is 0 Å². The van der Waals surface area contributed by atoms with Crippen LogP contribution in [0, 0.1) is 0 Å². The quantitative estimate of drug-likeness (QED) is 0.616. The number of amides is 2. The molecule has 162 valence electrons. The largest absolute Gasteiger partial charge is 0.345 e. The van der Waals surface area contributed by atoms with Gasteiger partial charge in [0.25, 0.3) is 0 Å². The van der Waals surface area contributed by atoms with Gasteiger partial charge in [-0.3, -0.25) is 9.59 Å². The van der Waals surface area contributed by atoms with Crippen LogP contribution in [0.1, 0.15) is 111 Å². The number of carbonyl (C=O) groups excluding carboxylic acids is 2. The van der Waals surface area contributed by atoms with Gasteiger partial charge in [0.15, 0.2) is 0 Å². The van der Waals surface area contributed by atoms with Crippen molar-refractivity contribution in [2.24, 2.45) is 0 Å². The number of hydrogen-bond acceptors (Lipinski definition) is 3. The number of nitrogens with one attached hydrogen (secondary N) is 3. The maximum Gasteiger partial charge on any atom is 0.309 e. The molecule has 3 N–H and O–H groups in total. The zero-order valence-electron chi connectivity index (χ0n) is 18.7. The van der Waals surface area contributed by atoms with Crippen LogP contribution in [-0.4, -0.2) is 35.0 Å². The van der Waals surface area contributed by atoms with Gasteiger partial charge in [-0.05, 0) is 53.4 Å². The molecule has 0 aromatic heterocycles. The van der Waals surface area contributed by atoms with Crippen molar-refractivity contribution in [3.8, 4) is 0 Å². The minimum absolute atomic E-state index is 0.0285. The topological polar surface area (TPSA) is 70.2 Å². The molecular formula is C23H43N3O2. The second-order valence-corrected chi connectivity index (χ2v) is 10.4. The van der Waals surface area contributed by atoms with Gasteiger partial charge in [-0.15, -0.1) is 0 Å². The Kier molecular flexibility index (Phi) is 8.79. The molecule has 2 amide bonds. The molecule has 2 fully saturated rings. The van der Waals surface area contributed by atoms with Gasteiger partial charge < -0.3 is 16.0 Å². The van der Waals surface area contributed by atoms with Gasteiger partial charge in [-0.25, -0.2) is 0 Å². The maximum atomic E-state index is 12.5. The zero-order chi connectivity index (χ0) is 20.6. The van der Waals surface area contributed by atoms with Crippen molar-refractivity contribution in [1.82, 2.24) is 16.0 Å². The van der Waals surface area contributed by atoms with Crippen LogP contribution < -0.4 is 16.0 Å². The number of hydrogen-bond donors (Lipinski definition) is 3. The van der Waals surface area contributed by atoms with Crippen LogP contribution in [0.4, 0.5) is 0 Å². The van der Waals surface area contributed by atoms with E-state index >= 15 is 0 Å². The minimum atomic E-state index is -0.468. The second kappa shape index (κ2) is 10.6. The van der Waals surface area contributed by atoms with E-state index in [1.54, 1.807) is 0 Å². The van der Waals surface area contributed by atoms with E-state index in [1.807, 2.05) is 0 Å². The van der Waals surface area contributed by atoms with E-state index in [0.29, 0.717) is 0 Å². The van der Waals surface area contributed by atoms with Crippen molar-refractivity contribution in [1.29, 1.82) is 0 Å². The lowest BCUT2D eigenvalue weighted by molar-refractivity contribution is -0.140. The maximum absolute atomic E-state index is 12.5. The Balaban J connectivity index is 1.84. The molecule has 1 aliphatic heterocycles. The van der Waals surface area contributed by atoms with Gasteiger partial charge >= 0.3 is 11.8 Å². The highest BCUT2D eigenvalue weighted by Gasteiger charge is 2.38. The summed E-state index contributed by atoms with van der Waals surface area (Å²) in [5.74, 6) is -0.921. The van der Waals surface area contributed by atoms with Crippen LogP contribution in [0.2, 0.25) is 0 Å². The van der Waals surface area contributed by atoms with E-state index in [2.05, 4.69) is 43.6 Å². The molecule has 0 bridgehead atoms. The molecule has 0 aromatic carbocycles. The zero-order valence-corrected chi connectivity index (χ0v) is 18.7. The second-order valence-electron chi connectivity index (χ2n) is 10.4. The summed E-state index contributed by atoms with van der Waals surface area (Å²) in [6.07, 6.45) is 15.0. The monoisotopic (exact) mass is 393 g/mol. The summed E-state index contributed by atoms with van der Waals surface area (Å²) < 4.78 is 0. The Labute approximate surface area is 172 Å². The van der Waals surface area contributed by atoms with E-state index in [-0.39, 0.29) is 23.2 Å². The molecule has 0 unspecified atom stereocenters. The van der Waals surface area contributed by atoms with E-state index in [0.717, 1.165) is 38.5 Å². The molecule has 0 radical (unpaired) electrons. The first kappa shape index (κ1) is 23.2. The van der Waals surface area contributed by atoms with Crippen molar-refractivity contribution in [2.75, 3.05) is 0 Å². The Bertz CT molecular complexity index is 488. The van der Waals surface area contributed by atoms with Crippen molar-refractivity contribution >= 4 is 11.8 Å². The fraction of sp³-hybridized carbons (Fsp3) is 0.913. The van der Waals surface area contributed by atoms with Gasteiger partial charge in [0.05, 0.1) is 0 Å². The molecular weight excluding hydrogens is 350 g/mol. The molecule has 0 atom stereocenters. The van der Waals surface area contributed by atoms with Gasteiger partial charge in [0, 0.05) is 23.2 Å². The lowest BCUT2D eigenvalue weighted by atomic mass is 9.79. The van der Waals surface area contributed by atoms with Crippen molar-refractivity contribution in [2.45, 2.75) is 134 Å². The summed E-state index contributed by atoms with van der Waals surface area (Å²) in [6.45, 7) is 8.60. The number of rotatable bonds is 2. The van der Waals surface area contributed by atoms with Crippen molar-refractivity contribution in [3.05, 3.63) is 0 Å². The van der Waals surface area contributed by atoms with Gasteiger partial charge in [-0.2, -0.15) is 0 Å². The molecule has 1 saturated heterocycles. The predicted octanol–water partition coefficient (Wildman–Crippen LogP) is 4.20. The van der Waals surface area contributed by atoms with Crippen LogP contribution in [0.3, 0.4) is 0 Å². The Hall–Kier alpha value is -1.10. The fourth-order valence-electron chi connectivity index (χ4n) is 5.23. The molecule has 28 heavy (non-hydrogen) atoms. The molecule has 5 nitrogen and oxygen atoms in total. The summed E-state index contributed by atoms with van der Waals surface area (Å²) in [6, 6.07) is 0.166. The predicted molar refractivity (Wildman–Crippen MR) is 115 cm³/mol. The molecule has 2 rings (SSSR count). The first-order chi connectivity index (χ1) is 13.2. The fourth-order valence-corrected chi connectivity index (χ4v) is 5.23. The molecule has 1 saturated carbocycles. The Morgan fingerprint density at radius 1 is 0.643 bits per heavy atom. The minimum Gasteiger partial charge on any atom is -0.345 e. The molecule has 0 spiro atoms. The van der Waals surface area contributed by atoms with Gasteiger partial charge in [0.1, 0.15) is 0 Å². The molecule has 5 heteroatoms. The lowest BCUT2D eigenvalue weighted by Gasteiger charge is -2.46. The average Bonchev–Trinajstić information content (AvgIpc) is 2.54.